The molecule has 1 saturated heterocycles. The Bertz CT molecular complexity index is 986. The van der Waals surface area contributed by atoms with Crippen LogP contribution in [0.1, 0.15) is 31.2 Å². The number of nitrogens with one attached hydrogen (secondary N) is 1. The Morgan fingerprint density at radius 1 is 1.31 bits per heavy atom. The van der Waals surface area contributed by atoms with Gasteiger partial charge in [0.05, 0.1) is 30.4 Å². The zero-order valence-corrected chi connectivity index (χ0v) is 18.5. The summed E-state index contributed by atoms with van der Waals surface area (Å²) in [4.78, 5) is 22.4. The van der Waals surface area contributed by atoms with Crippen LogP contribution in [-0.4, -0.2) is 35.6 Å². The van der Waals surface area contributed by atoms with E-state index in [1.54, 1.807) is 24.5 Å². The van der Waals surface area contributed by atoms with Gasteiger partial charge in [0.2, 0.25) is 11.9 Å². The standard InChI is InChI=1S/C24H26ClFN4O2/c1-2-27-23(31)12-18-3-4-20(13-22(18)26)32-10-7-17-11-21(17)16-5-8-30(9-6-16)24-28-14-19(25)15-29-24/h1,3-4,13-17,21H,5-12H2,(H,27,31)/t17-,21-/m1/s1. The van der Waals surface area contributed by atoms with Crippen LogP contribution in [0.25, 0.3) is 0 Å². The molecule has 1 aliphatic heterocycles. The molecule has 4 rings (SSSR count). The number of piperidine rings is 1. The number of ether oxygens (including phenoxy) is 1. The fourth-order valence-corrected chi connectivity index (χ4v) is 4.66. The van der Waals surface area contributed by atoms with E-state index in [0.717, 1.165) is 50.1 Å². The molecule has 1 N–H and O–H groups in total. The molecule has 0 unspecified atom stereocenters. The Hall–Kier alpha value is -2.85. The highest BCUT2D eigenvalue weighted by molar-refractivity contribution is 6.30. The van der Waals surface area contributed by atoms with Crippen molar-refractivity contribution >= 4 is 23.5 Å². The smallest absolute Gasteiger partial charge is 0.235 e. The molecule has 2 atom stereocenters. The number of nitrogens with zero attached hydrogens (tertiary/aromatic N) is 3. The molecule has 1 amide bonds. The van der Waals surface area contributed by atoms with Crippen molar-refractivity contribution in [2.45, 2.75) is 32.1 Å². The number of benzene rings is 1. The fraction of sp³-hybridized carbons (Fsp3) is 0.458. The van der Waals surface area contributed by atoms with Gasteiger partial charge in [-0.05, 0) is 55.1 Å². The first-order valence-corrected chi connectivity index (χ1v) is 11.3. The quantitative estimate of drug-likeness (QED) is 0.483. The molecular formula is C24H26ClFN4O2. The second-order valence-electron chi connectivity index (χ2n) is 8.45. The summed E-state index contributed by atoms with van der Waals surface area (Å²) in [6.45, 7) is 2.50. The summed E-state index contributed by atoms with van der Waals surface area (Å²) in [6.07, 6.45) is 12.7. The van der Waals surface area contributed by atoms with Gasteiger partial charge in [0, 0.05) is 25.2 Å². The van der Waals surface area contributed by atoms with Crippen LogP contribution in [0.2, 0.25) is 5.02 Å². The van der Waals surface area contributed by atoms with Crippen molar-refractivity contribution in [3.8, 4) is 18.2 Å². The molecule has 2 heterocycles. The first-order valence-electron chi connectivity index (χ1n) is 10.9. The van der Waals surface area contributed by atoms with Gasteiger partial charge in [0.15, 0.2) is 0 Å². The summed E-state index contributed by atoms with van der Waals surface area (Å²) in [5.74, 6) is 2.52. The Kier molecular flexibility index (Phi) is 7.11. The van der Waals surface area contributed by atoms with Gasteiger partial charge in [-0.2, -0.15) is 0 Å². The highest BCUT2D eigenvalue weighted by Crippen LogP contribution is 2.49. The van der Waals surface area contributed by atoms with Gasteiger partial charge >= 0.3 is 0 Å². The number of rotatable bonds is 8. The number of halogens is 2. The van der Waals surface area contributed by atoms with Gasteiger partial charge in [0.25, 0.3) is 0 Å². The summed E-state index contributed by atoms with van der Waals surface area (Å²) < 4.78 is 20.0. The predicted octanol–water partition coefficient (Wildman–Crippen LogP) is 3.84. The van der Waals surface area contributed by atoms with Crippen LogP contribution in [0.3, 0.4) is 0 Å². The van der Waals surface area contributed by atoms with E-state index in [4.69, 9.17) is 22.8 Å². The topological polar surface area (TPSA) is 67.3 Å². The lowest BCUT2D eigenvalue weighted by Gasteiger charge is -2.32. The Balaban J connectivity index is 1.17. The number of hydrogen-bond acceptors (Lipinski definition) is 5. The van der Waals surface area contributed by atoms with Crippen LogP contribution in [0, 0.1) is 36.0 Å². The van der Waals surface area contributed by atoms with Crippen LogP contribution in [0.5, 0.6) is 5.75 Å². The minimum Gasteiger partial charge on any atom is -0.493 e. The highest BCUT2D eigenvalue weighted by Gasteiger charge is 2.43. The molecule has 0 bridgehead atoms. The van der Waals surface area contributed by atoms with E-state index in [-0.39, 0.29) is 6.42 Å². The van der Waals surface area contributed by atoms with E-state index < -0.39 is 11.7 Å². The van der Waals surface area contributed by atoms with E-state index in [2.05, 4.69) is 20.2 Å². The van der Waals surface area contributed by atoms with Crippen molar-refractivity contribution in [1.82, 2.24) is 15.3 Å². The Morgan fingerprint density at radius 2 is 2.06 bits per heavy atom. The van der Waals surface area contributed by atoms with Gasteiger partial charge in [0.1, 0.15) is 11.6 Å². The van der Waals surface area contributed by atoms with Crippen molar-refractivity contribution in [3.05, 3.63) is 47.0 Å². The molecule has 1 aliphatic carbocycles. The van der Waals surface area contributed by atoms with Gasteiger partial charge in [-0.25, -0.2) is 14.4 Å². The molecular weight excluding hydrogens is 431 g/mol. The SMILES string of the molecule is C#CNC(=O)Cc1ccc(OCC[C@@H]2C[C@@H]2C2CCN(c3ncc(Cl)cn3)CC2)cc1F. The molecule has 32 heavy (non-hydrogen) atoms. The summed E-state index contributed by atoms with van der Waals surface area (Å²) in [6, 6.07) is 6.64. The first kappa shape index (κ1) is 22.3. The molecule has 8 heteroatoms. The van der Waals surface area contributed by atoms with Gasteiger partial charge in [-0.1, -0.05) is 24.1 Å². The number of anilines is 1. The number of hydrogen-bond donors (Lipinski definition) is 1. The van der Waals surface area contributed by atoms with Gasteiger partial charge < -0.3 is 9.64 Å². The summed E-state index contributed by atoms with van der Waals surface area (Å²) in [5.41, 5.74) is 0.294. The van der Waals surface area contributed by atoms with Crippen LogP contribution in [0.4, 0.5) is 10.3 Å². The molecule has 2 aromatic rings. The largest absolute Gasteiger partial charge is 0.493 e. The Labute approximate surface area is 192 Å². The van der Waals surface area contributed by atoms with Crippen LogP contribution in [0.15, 0.2) is 30.6 Å². The molecule has 2 aliphatic rings. The molecule has 0 spiro atoms. The average Bonchev–Trinajstić information content (AvgIpc) is 3.56. The lowest BCUT2D eigenvalue weighted by Crippen LogP contribution is -2.35. The van der Waals surface area contributed by atoms with Crippen molar-refractivity contribution in [2.75, 3.05) is 24.6 Å². The van der Waals surface area contributed by atoms with E-state index in [9.17, 15) is 9.18 Å². The number of amides is 1. The Morgan fingerprint density at radius 3 is 2.75 bits per heavy atom. The van der Waals surface area contributed by atoms with E-state index >= 15 is 0 Å². The summed E-state index contributed by atoms with van der Waals surface area (Å²) >= 11 is 5.87. The third-order valence-electron chi connectivity index (χ3n) is 6.36. The lowest BCUT2D eigenvalue weighted by molar-refractivity contribution is -0.119. The lowest BCUT2D eigenvalue weighted by atomic mass is 9.90. The molecule has 1 aromatic carbocycles. The predicted molar refractivity (Wildman–Crippen MR) is 121 cm³/mol. The number of carbonyl (C=O) groups is 1. The number of carbonyl (C=O) groups excluding carboxylic acids is 1. The molecule has 2 fully saturated rings. The first-order chi connectivity index (χ1) is 15.5. The second kappa shape index (κ2) is 10.2. The maximum absolute atomic E-state index is 14.2. The zero-order chi connectivity index (χ0) is 22.5. The van der Waals surface area contributed by atoms with Crippen LogP contribution >= 0.6 is 11.6 Å². The maximum Gasteiger partial charge on any atom is 0.235 e. The molecule has 1 saturated carbocycles. The van der Waals surface area contributed by atoms with Crippen molar-refractivity contribution < 1.29 is 13.9 Å². The summed E-state index contributed by atoms with van der Waals surface area (Å²) in [5, 5.41) is 2.76. The molecule has 168 valence electrons. The third kappa shape index (κ3) is 5.68. The fourth-order valence-electron chi connectivity index (χ4n) is 4.56. The second-order valence-corrected chi connectivity index (χ2v) is 8.88. The van der Waals surface area contributed by atoms with E-state index in [1.807, 2.05) is 6.04 Å². The minimum absolute atomic E-state index is 0.0942. The molecule has 1 aromatic heterocycles. The normalized spacial score (nSPS) is 20.5. The molecule has 6 nitrogen and oxygen atoms in total. The monoisotopic (exact) mass is 456 g/mol. The van der Waals surface area contributed by atoms with Gasteiger partial charge in [-0.15, -0.1) is 0 Å². The van der Waals surface area contributed by atoms with E-state index in [0.29, 0.717) is 28.9 Å². The average molecular weight is 457 g/mol. The minimum atomic E-state index is -0.463. The zero-order valence-electron chi connectivity index (χ0n) is 17.8. The number of aromatic nitrogens is 2. The highest BCUT2D eigenvalue weighted by atomic mass is 35.5. The van der Waals surface area contributed by atoms with Crippen LogP contribution < -0.4 is 15.0 Å². The maximum atomic E-state index is 14.2. The van der Waals surface area contributed by atoms with Crippen molar-refractivity contribution in [1.29, 1.82) is 0 Å². The van der Waals surface area contributed by atoms with Gasteiger partial charge in [-0.3, -0.25) is 10.1 Å². The van der Waals surface area contributed by atoms with Crippen LogP contribution in [-0.2, 0) is 11.2 Å². The van der Waals surface area contributed by atoms with E-state index in [1.165, 1.54) is 12.5 Å². The molecule has 0 radical (unpaired) electrons. The van der Waals surface area contributed by atoms with Crippen molar-refractivity contribution in [2.24, 2.45) is 17.8 Å². The number of terminal acetylenes is 1. The third-order valence-corrected chi connectivity index (χ3v) is 6.55. The summed E-state index contributed by atoms with van der Waals surface area (Å²) in [7, 11) is 0. The van der Waals surface area contributed by atoms with Crippen molar-refractivity contribution in [3.63, 3.8) is 0 Å².